The highest BCUT2D eigenvalue weighted by Crippen LogP contribution is 2.31. The Morgan fingerprint density at radius 2 is 1.85 bits per heavy atom. The van der Waals surface area contributed by atoms with Gasteiger partial charge in [0.1, 0.15) is 0 Å². The van der Waals surface area contributed by atoms with Gasteiger partial charge in [0.05, 0.1) is 4.90 Å². The fourth-order valence-electron chi connectivity index (χ4n) is 3.21. The SMILES string of the molecule is CCC1CCCCN1S(=O)(=O)c1c(C)cc(N)cc1C. The van der Waals surface area contributed by atoms with E-state index >= 15 is 0 Å². The van der Waals surface area contributed by atoms with Crippen molar-refractivity contribution in [3.63, 3.8) is 0 Å². The summed E-state index contributed by atoms with van der Waals surface area (Å²) >= 11 is 0. The molecule has 0 aliphatic carbocycles. The van der Waals surface area contributed by atoms with Crippen molar-refractivity contribution in [1.29, 1.82) is 0 Å². The molecule has 1 unspecified atom stereocenters. The number of nitrogens with two attached hydrogens (primary N) is 1. The number of aryl methyl sites for hydroxylation is 2. The first kappa shape index (κ1) is 15.3. The van der Waals surface area contributed by atoms with E-state index in [2.05, 4.69) is 6.92 Å². The predicted molar refractivity (Wildman–Crippen MR) is 82.2 cm³/mol. The normalized spacial score (nSPS) is 21.1. The van der Waals surface area contributed by atoms with Crippen molar-refractivity contribution in [1.82, 2.24) is 4.31 Å². The number of nitrogen functional groups attached to an aromatic ring is 1. The second-order valence-electron chi connectivity index (χ2n) is 5.66. The van der Waals surface area contributed by atoms with Crippen LogP contribution in [0, 0.1) is 13.8 Å². The molecule has 1 atom stereocenters. The second-order valence-corrected chi connectivity index (χ2v) is 7.48. The number of piperidine rings is 1. The molecule has 0 amide bonds. The van der Waals surface area contributed by atoms with Crippen LogP contribution in [0.2, 0.25) is 0 Å². The molecule has 1 aromatic carbocycles. The summed E-state index contributed by atoms with van der Waals surface area (Å²) in [6, 6.07) is 3.61. The van der Waals surface area contributed by atoms with E-state index in [-0.39, 0.29) is 6.04 Å². The average molecular weight is 296 g/mol. The lowest BCUT2D eigenvalue weighted by atomic mass is 10.0. The molecule has 1 fully saturated rings. The Morgan fingerprint density at radius 3 is 2.40 bits per heavy atom. The van der Waals surface area contributed by atoms with Crippen molar-refractivity contribution in [2.24, 2.45) is 0 Å². The average Bonchev–Trinajstić information content (AvgIpc) is 2.37. The van der Waals surface area contributed by atoms with Gasteiger partial charge in [-0.2, -0.15) is 4.31 Å². The number of hydrogen-bond acceptors (Lipinski definition) is 3. The lowest BCUT2D eigenvalue weighted by Crippen LogP contribution is -2.43. The molecule has 1 aliphatic rings. The highest BCUT2D eigenvalue weighted by Gasteiger charge is 2.34. The molecule has 1 saturated heterocycles. The van der Waals surface area contributed by atoms with Crippen molar-refractivity contribution >= 4 is 15.7 Å². The zero-order valence-electron chi connectivity index (χ0n) is 12.5. The highest BCUT2D eigenvalue weighted by molar-refractivity contribution is 7.89. The number of sulfonamides is 1. The Hall–Kier alpha value is -1.07. The van der Waals surface area contributed by atoms with E-state index in [1.54, 1.807) is 16.4 Å². The van der Waals surface area contributed by atoms with Crippen molar-refractivity contribution < 1.29 is 8.42 Å². The Morgan fingerprint density at radius 1 is 1.25 bits per heavy atom. The summed E-state index contributed by atoms with van der Waals surface area (Å²) in [5.74, 6) is 0. The van der Waals surface area contributed by atoms with E-state index in [0.29, 0.717) is 17.1 Å². The van der Waals surface area contributed by atoms with Crippen molar-refractivity contribution in [2.75, 3.05) is 12.3 Å². The first-order valence-electron chi connectivity index (χ1n) is 7.26. The lowest BCUT2D eigenvalue weighted by Gasteiger charge is -2.34. The maximum absolute atomic E-state index is 13.0. The Balaban J connectivity index is 2.49. The highest BCUT2D eigenvalue weighted by atomic mass is 32.2. The summed E-state index contributed by atoms with van der Waals surface area (Å²) < 4.78 is 27.7. The van der Waals surface area contributed by atoms with Gasteiger partial charge in [-0.15, -0.1) is 0 Å². The molecule has 5 heteroatoms. The van der Waals surface area contributed by atoms with Gasteiger partial charge in [0.15, 0.2) is 0 Å². The molecule has 20 heavy (non-hydrogen) atoms. The third-order valence-corrected chi connectivity index (χ3v) is 6.35. The van der Waals surface area contributed by atoms with Gasteiger partial charge in [0.25, 0.3) is 0 Å². The molecule has 1 aliphatic heterocycles. The minimum absolute atomic E-state index is 0.130. The molecule has 0 spiro atoms. The van der Waals surface area contributed by atoms with Gasteiger partial charge in [-0.25, -0.2) is 8.42 Å². The van der Waals surface area contributed by atoms with E-state index in [4.69, 9.17) is 5.73 Å². The van der Waals surface area contributed by atoms with Crippen LogP contribution >= 0.6 is 0 Å². The second kappa shape index (κ2) is 5.74. The molecule has 0 radical (unpaired) electrons. The van der Waals surface area contributed by atoms with Gasteiger partial charge in [-0.1, -0.05) is 13.3 Å². The van der Waals surface area contributed by atoms with E-state index in [1.165, 1.54) is 0 Å². The van der Waals surface area contributed by atoms with Crippen molar-refractivity contribution in [2.45, 2.75) is 57.4 Å². The van der Waals surface area contributed by atoms with Crippen LogP contribution in [0.4, 0.5) is 5.69 Å². The molecule has 2 N–H and O–H groups in total. The Kier molecular flexibility index (Phi) is 4.39. The van der Waals surface area contributed by atoms with Gasteiger partial charge in [-0.05, 0) is 56.4 Å². The summed E-state index contributed by atoms with van der Waals surface area (Å²) in [5, 5.41) is 0. The van der Waals surface area contributed by atoms with E-state index in [1.807, 2.05) is 13.8 Å². The van der Waals surface area contributed by atoms with Crippen LogP contribution in [0.1, 0.15) is 43.7 Å². The molecule has 1 aromatic rings. The van der Waals surface area contributed by atoms with Crippen LogP contribution in [-0.2, 0) is 10.0 Å². The van der Waals surface area contributed by atoms with Crippen LogP contribution in [0.5, 0.6) is 0 Å². The molecule has 4 nitrogen and oxygen atoms in total. The summed E-state index contributed by atoms with van der Waals surface area (Å²) in [7, 11) is -3.42. The number of nitrogens with zero attached hydrogens (tertiary/aromatic N) is 1. The zero-order valence-corrected chi connectivity index (χ0v) is 13.3. The summed E-state index contributed by atoms with van der Waals surface area (Å²) in [6.07, 6.45) is 3.89. The van der Waals surface area contributed by atoms with Crippen molar-refractivity contribution in [3.05, 3.63) is 23.3 Å². The third-order valence-electron chi connectivity index (χ3n) is 4.09. The summed E-state index contributed by atoms with van der Waals surface area (Å²) in [6.45, 7) is 6.33. The topological polar surface area (TPSA) is 63.4 Å². The monoisotopic (exact) mass is 296 g/mol. The van der Waals surface area contributed by atoms with Crippen LogP contribution in [0.25, 0.3) is 0 Å². The quantitative estimate of drug-likeness (QED) is 0.872. The minimum Gasteiger partial charge on any atom is -0.399 e. The zero-order chi connectivity index (χ0) is 14.9. The van der Waals surface area contributed by atoms with Crippen LogP contribution in [0.3, 0.4) is 0 Å². The molecule has 112 valence electrons. The first-order valence-corrected chi connectivity index (χ1v) is 8.70. The van der Waals surface area contributed by atoms with Gasteiger partial charge >= 0.3 is 0 Å². The maximum atomic E-state index is 13.0. The standard InChI is InChI=1S/C15H24N2O2S/c1-4-14-7-5-6-8-17(14)20(18,19)15-11(2)9-13(16)10-12(15)3/h9-10,14H,4-8,16H2,1-3H3. The Bertz CT molecular complexity index is 573. The van der Waals surface area contributed by atoms with E-state index in [0.717, 1.165) is 36.8 Å². The molecule has 0 bridgehead atoms. The van der Waals surface area contributed by atoms with Crippen molar-refractivity contribution in [3.8, 4) is 0 Å². The van der Waals surface area contributed by atoms with E-state index < -0.39 is 10.0 Å². The molecule has 0 aromatic heterocycles. The van der Waals surface area contributed by atoms with Gasteiger partial charge in [0, 0.05) is 18.3 Å². The molecule has 1 heterocycles. The molecular formula is C15H24N2O2S. The summed E-state index contributed by atoms with van der Waals surface area (Å²) in [5.41, 5.74) is 7.89. The third kappa shape index (κ3) is 2.69. The number of anilines is 1. The molecule has 2 rings (SSSR count). The first-order chi connectivity index (χ1) is 9.37. The Labute approximate surface area is 122 Å². The largest absolute Gasteiger partial charge is 0.399 e. The minimum atomic E-state index is -3.42. The smallest absolute Gasteiger partial charge is 0.243 e. The predicted octanol–water partition coefficient (Wildman–Crippen LogP) is 2.84. The van der Waals surface area contributed by atoms with E-state index in [9.17, 15) is 8.42 Å². The van der Waals surface area contributed by atoms with Gasteiger partial charge in [-0.3, -0.25) is 0 Å². The fourth-order valence-corrected chi connectivity index (χ4v) is 5.39. The summed E-state index contributed by atoms with van der Waals surface area (Å²) in [4.78, 5) is 0.437. The molecule has 0 saturated carbocycles. The van der Waals surface area contributed by atoms with Crippen LogP contribution in [-0.4, -0.2) is 25.3 Å². The fraction of sp³-hybridized carbons (Fsp3) is 0.600. The van der Waals surface area contributed by atoms with Crippen LogP contribution in [0.15, 0.2) is 17.0 Å². The number of hydrogen-bond donors (Lipinski definition) is 1. The van der Waals surface area contributed by atoms with Crippen LogP contribution < -0.4 is 5.73 Å². The lowest BCUT2D eigenvalue weighted by molar-refractivity contribution is 0.246. The maximum Gasteiger partial charge on any atom is 0.243 e. The molecular weight excluding hydrogens is 272 g/mol. The van der Waals surface area contributed by atoms with Gasteiger partial charge < -0.3 is 5.73 Å². The number of benzene rings is 1. The van der Waals surface area contributed by atoms with Gasteiger partial charge in [0.2, 0.25) is 10.0 Å². The number of rotatable bonds is 3.